The van der Waals surface area contributed by atoms with Crippen LogP contribution in [0.25, 0.3) is 51.5 Å². The highest BCUT2D eigenvalue weighted by atomic mass is 32.1. The SMILES string of the molecule is c1ccc(N(c2cccc(-c3ccccc3N(c3ccccc3)c3cccc4sc5ccccc5c34)c2)c2cccc3sc4ccccc4c23)cc1. The van der Waals surface area contributed by atoms with Crippen molar-refractivity contribution >= 4 is 97.1 Å². The van der Waals surface area contributed by atoms with E-state index in [-0.39, 0.29) is 0 Å². The number of hydrogen-bond donors (Lipinski definition) is 0. The van der Waals surface area contributed by atoms with Gasteiger partial charge in [-0.2, -0.15) is 0 Å². The molecule has 2 aromatic heterocycles. The molecular formula is C48H32N2S2. The first-order valence-corrected chi connectivity index (χ1v) is 19.2. The minimum absolute atomic E-state index is 1.11. The number of benzene rings is 8. The first-order valence-electron chi connectivity index (χ1n) is 17.5. The predicted octanol–water partition coefficient (Wildman–Crippen LogP) is 15.0. The minimum Gasteiger partial charge on any atom is -0.310 e. The maximum atomic E-state index is 2.44. The molecule has 0 aliphatic rings. The third kappa shape index (κ3) is 5.15. The van der Waals surface area contributed by atoms with Crippen molar-refractivity contribution in [2.24, 2.45) is 0 Å². The van der Waals surface area contributed by atoms with Crippen molar-refractivity contribution in [3.63, 3.8) is 0 Å². The standard InChI is InChI=1S/C48H32N2S2/c1-3-17-34(18-4-1)49(41-26-14-30-45-47(41)38-23-8-11-28-43(38)51-45)36-21-13-16-33(32-36)37-22-7-10-25-40(37)50(35-19-5-2-6-20-35)42-27-15-31-46-48(42)39-24-9-12-29-44(39)52-46/h1-32H. The average Bonchev–Trinajstić information content (AvgIpc) is 3.79. The summed E-state index contributed by atoms with van der Waals surface area (Å²) in [7, 11) is 0. The number of rotatable bonds is 7. The fraction of sp³-hybridized carbons (Fsp3) is 0. The van der Waals surface area contributed by atoms with Crippen LogP contribution in [0.4, 0.5) is 34.1 Å². The highest BCUT2D eigenvalue weighted by Crippen LogP contribution is 2.49. The van der Waals surface area contributed by atoms with Crippen LogP contribution in [0.15, 0.2) is 194 Å². The van der Waals surface area contributed by atoms with Gasteiger partial charge in [0.1, 0.15) is 0 Å². The third-order valence-corrected chi connectivity index (χ3v) is 12.1. The second-order valence-corrected chi connectivity index (χ2v) is 15.1. The molecule has 0 saturated heterocycles. The molecule has 0 radical (unpaired) electrons. The largest absolute Gasteiger partial charge is 0.310 e. The normalized spacial score (nSPS) is 11.5. The number of para-hydroxylation sites is 3. The van der Waals surface area contributed by atoms with Crippen molar-refractivity contribution in [2.75, 3.05) is 9.80 Å². The van der Waals surface area contributed by atoms with E-state index < -0.39 is 0 Å². The smallest absolute Gasteiger partial charge is 0.0555 e. The Bertz CT molecular complexity index is 2870. The summed E-state index contributed by atoms with van der Waals surface area (Å²) in [5.74, 6) is 0. The lowest BCUT2D eigenvalue weighted by molar-refractivity contribution is 1.29. The van der Waals surface area contributed by atoms with Crippen LogP contribution in [-0.2, 0) is 0 Å². The quantitative estimate of drug-likeness (QED) is 0.163. The number of thiophene rings is 2. The Hall–Kier alpha value is -6.20. The molecule has 0 amide bonds. The summed E-state index contributed by atoms with van der Waals surface area (Å²) in [5.41, 5.74) is 9.15. The van der Waals surface area contributed by atoms with Crippen molar-refractivity contribution < 1.29 is 0 Å². The van der Waals surface area contributed by atoms with Gasteiger partial charge in [0, 0.05) is 63.0 Å². The van der Waals surface area contributed by atoms with Gasteiger partial charge in [0.05, 0.1) is 17.1 Å². The van der Waals surface area contributed by atoms with E-state index >= 15 is 0 Å². The lowest BCUT2D eigenvalue weighted by Gasteiger charge is -2.29. The Morgan fingerprint density at radius 2 is 0.750 bits per heavy atom. The number of fused-ring (bicyclic) bond motifs is 6. The maximum Gasteiger partial charge on any atom is 0.0555 e. The van der Waals surface area contributed by atoms with Crippen LogP contribution >= 0.6 is 22.7 Å². The van der Waals surface area contributed by atoms with Gasteiger partial charge in [-0.15, -0.1) is 22.7 Å². The van der Waals surface area contributed by atoms with Crippen LogP contribution in [0.3, 0.4) is 0 Å². The highest BCUT2D eigenvalue weighted by Gasteiger charge is 2.23. The van der Waals surface area contributed by atoms with Crippen LogP contribution in [0.5, 0.6) is 0 Å². The van der Waals surface area contributed by atoms with Crippen LogP contribution in [-0.4, -0.2) is 0 Å². The fourth-order valence-electron chi connectivity index (χ4n) is 7.60. The van der Waals surface area contributed by atoms with Crippen molar-refractivity contribution in [1.29, 1.82) is 0 Å². The van der Waals surface area contributed by atoms with E-state index in [2.05, 4.69) is 204 Å². The van der Waals surface area contributed by atoms with Crippen LogP contribution in [0, 0.1) is 0 Å². The number of nitrogens with zero attached hydrogens (tertiary/aromatic N) is 2. The molecule has 0 spiro atoms. The Kier molecular flexibility index (Phi) is 7.56. The van der Waals surface area contributed by atoms with Crippen LogP contribution in [0.2, 0.25) is 0 Å². The molecule has 0 N–H and O–H groups in total. The summed E-state index contributed by atoms with van der Waals surface area (Å²) in [6, 6.07) is 70.3. The van der Waals surface area contributed by atoms with E-state index in [1.54, 1.807) is 0 Å². The zero-order valence-electron chi connectivity index (χ0n) is 28.2. The molecular weight excluding hydrogens is 669 g/mol. The molecule has 52 heavy (non-hydrogen) atoms. The summed E-state index contributed by atoms with van der Waals surface area (Å²) >= 11 is 3.71. The molecule has 0 atom stereocenters. The monoisotopic (exact) mass is 700 g/mol. The molecule has 10 aromatic rings. The van der Waals surface area contributed by atoms with E-state index in [1.165, 1.54) is 51.7 Å². The van der Waals surface area contributed by atoms with Gasteiger partial charge in [-0.1, -0.05) is 115 Å². The molecule has 0 bridgehead atoms. The van der Waals surface area contributed by atoms with Gasteiger partial charge >= 0.3 is 0 Å². The van der Waals surface area contributed by atoms with Gasteiger partial charge in [-0.25, -0.2) is 0 Å². The van der Waals surface area contributed by atoms with Crippen LogP contribution < -0.4 is 9.80 Å². The predicted molar refractivity (Wildman–Crippen MR) is 227 cm³/mol. The van der Waals surface area contributed by atoms with E-state index in [9.17, 15) is 0 Å². The van der Waals surface area contributed by atoms with Crippen molar-refractivity contribution in [1.82, 2.24) is 0 Å². The van der Waals surface area contributed by atoms with Gasteiger partial charge in [0.15, 0.2) is 0 Å². The second-order valence-electron chi connectivity index (χ2n) is 12.9. The summed E-state index contributed by atoms with van der Waals surface area (Å²) < 4.78 is 5.17. The number of anilines is 6. The van der Waals surface area contributed by atoms with Gasteiger partial charge < -0.3 is 9.80 Å². The molecule has 0 fully saturated rings. The molecule has 246 valence electrons. The Morgan fingerprint density at radius 3 is 1.38 bits per heavy atom. The maximum absolute atomic E-state index is 2.44. The van der Waals surface area contributed by atoms with Crippen LogP contribution in [0.1, 0.15) is 0 Å². The van der Waals surface area contributed by atoms with Gasteiger partial charge in [-0.05, 0) is 84.4 Å². The first kappa shape index (κ1) is 30.6. The third-order valence-electron chi connectivity index (χ3n) is 9.83. The zero-order valence-corrected chi connectivity index (χ0v) is 29.8. The second kappa shape index (κ2) is 12.8. The molecule has 10 rings (SSSR count). The molecule has 0 aliphatic carbocycles. The summed E-state index contributed by atoms with van der Waals surface area (Å²) in [6.07, 6.45) is 0. The number of hydrogen-bond acceptors (Lipinski definition) is 4. The highest BCUT2D eigenvalue weighted by molar-refractivity contribution is 7.26. The Balaban J connectivity index is 1.19. The fourth-order valence-corrected chi connectivity index (χ4v) is 9.85. The molecule has 0 unspecified atom stereocenters. The average molecular weight is 701 g/mol. The van der Waals surface area contributed by atoms with E-state index in [1.807, 2.05) is 22.7 Å². The molecule has 2 nitrogen and oxygen atoms in total. The van der Waals surface area contributed by atoms with Gasteiger partial charge in [0.2, 0.25) is 0 Å². The topological polar surface area (TPSA) is 6.48 Å². The minimum atomic E-state index is 1.11. The summed E-state index contributed by atoms with van der Waals surface area (Å²) in [4.78, 5) is 4.86. The van der Waals surface area contributed by atoms with E-state index in [0.717, 1.165) is 33.9 Å². The van der Waals surface area contributed by atoms with Gasteiger partial charge in [-0.3, -0.25) is 0 Å². The van der Waals surface area contributed by atoms with Gasteiger partial charge in [0.25, 0.3) is 0 Å². The molecule has 0 aliphatic heterocycles. The first-order chi connectivity index (χ1) is 25.8. The summed E-state index contributed by atoms with van der Waals surface area (Å²) in [6.45, 7) is 0. The molecule has 4 heteroatoms. The lowest BCUT2D eigenvalue weighted by Crippen LogP contribution is -2.12. The lowest BCUT2D eigenvalue weighted by atomic mass is 9.99. The Morgan fingerprint density at radius 1 is 0.308 bits per heavy atom. The zero-order chi connectivity index (χ0) is 34.4. The van der Waals surface area contributed by atoms with E-state index in [4.69, 9.17) is 0 Å². The molecule has 8 aromatic carbocycles. The molecule has 0 saturated carbocycles. The van der Waals surface area contributed by atoms with Crippen molar-refractivity contribution in [3.05, 3.63) is 194 Å². The van der Waals surface area contributed by atoms with Crippen molar-refractivity contribution in [3.8, 4) is 11.1 Å². The Labute approximate surface area is 310 Å². The molecule has 2 heterocycles. The van der Waals surface area contributed by atoms with Crippen molar-refractivity contribution in [2.45, 2.75) is 0 Å². The van der Waals surface area contributed by atoms with E-state index in [0.29, 0.717) is 0 Å². The summed E-state index contributed by atoms with van der Waals surface area (Å²) in [5, 5.41) is 5.13.